The van der Waals surface area contributed by atoms with Gasteiger partial charge in [-0.1, -0.05) is 0 Å². The van der Waals surface area contributed by atoms with E-state index in [4.69, 9.17) is 4.74 Å². The third-order valence-corrected chi connectivity index (χ3v) is 2.11. The molecule has 0 unspecified atom stereocenters. The van der Waals surface area contributed by atoms with Crippen molar-refractivity contribution in [1.29, 1.82) is 0 Å². The molecule has 0 aliphatic rings. The Balaban J connectivity index is 2.48. The number of benzene rings is 1. The lowest BCUT2D eigenvalue weighted by molar-refractivity contribution is 0.112. The minimum atomic E-state index is 0.519. The molecule has 0 aliphatic carbocycles. The van der Waals surface area contributed by atoms with Gasteiger partial charge >= 0.3 is 0 Å². The Bertz CT molecular complexity index is 463. The average Bonchev–Trinajstić information content (AvgIpc) is 2.81. The predicted octanol–water partition coefficient (Wildman–Crippen LogP) is 1.69. The third kappa shape index (κ3) is 1.74. The van der Waals surface area contributed by atoms with E-state index in [9.17, 15) is 4.79 Å². The van der Waals surface area contributed by atoms with Crippen LogP contribution in [0, 0.1) is 0 Å². The zero-order valence-electron chi connectivity index (χ0n) is 8.25. The second kappa shape index (κ2) is 3.96. The first kappa shape index (κ1) is 9.45. The van der Waals surface area contributed by atoms with E-state index in [-0.39, 0.29) is 0 Å². The first-order chi connectivity index (χ1) is 7.35. The molecule has 2 aromatic rings. The van der Waals surface area contributed by atoms with Gasteiger partial charge in [0.25, 0.3) is 0 Å². The number of methoxy groups -OCH3 is 1. The van der Waals surface area contributed by atoms with Gasteiger partial charge in [-0.05, 0) is 24.3 Å². The molecule has 0 spiro atoms. The van der Waals surface area contributed by atoms with Gasteiger partial charge in [-0.15, -0.1) is 0 Å². The van der Waals surface area contributed by atoms with E-state index in [1.54, 1.807) is 23.0 Å². The number of rotatable bonds is 3. The van der Waals surface area contributed by atoms with Crippen molar-refractivity contribution >= 4 is 6.29 Å². The van der Waals surface area contributed by atoms with Crippen LogP contribution in [0.3, 0.4) is 0 Å². The van der Waals surface area contributed by atoms with E-state index in [1.165, 1.54) is 7.11 Å². The molecule has 4 nitrogen and oxygen atoms in total. The molecule has 0 atom stereocenters. The van der Waals surface area contributed by atoms with Crippen LogP contribution in [0.4, 0.5) is 0 Å². The van der Waals surface area contributed by atoms with Crippen LogP contribution in [-0.2, 0) is 0 Å². The zero-order valence-corrected chi connectivity index (χ0v) is 8.25. The van der Waals surface area contributed by atoms with E-state index < -0.39 is 0 Å². The van der Waals surface area contributed by atoms with Gasteiger partial charge in [0.2, 0.25) is 0 Å². The lowest BCUT2D eigenvalue weighted by Gasteiger charge is -2.06. The SMILES string of the molecule is COc1ccc(-n2cccn2)cc1C=O. The molecule has 0 aliphatic heterocycles. The van der Waals surface area contributed by atoms with E-state index >= 15 is 0 Å². The topological polar surface area (TPSA) is 44.1 Å². The summed E-state index contributed by atoms with van der Waals surface area (Å²) in [6, 6.07) is 7.16. The Labute approximate surface area is 87.1 Å². The van der Waals surface area contributed by atoms with E-state index in [0.717, 1.165) is 12.0 Å². The first-order valence-corrected chi connectivity index (χ1v) is 4.48. The molecule has 0 saturated carbocycles. The molecule has 15 heavy (non-hydrogen) atoms. The van der Waals surface area contributed by atoms with Crippen molar-refractivity contribution in [2.24, 2.45) is 0 Å². The van der Waals surface area contributed by atoms with Crippen LogP contribution >= 0.6 is 0 Å². The van der Waals surface area contributed by atoms with Gasteiger partial charge in [-0.2, -0.15) is 5.10 Å². The molecule has 0 amide bonds. The molecule has 0 radical (unpaired) electrons. The van der Waals surface area contributed by atoms with Crippen LogP contribution in [-0.4, -0.2) is 23.2 Å². The predicted molar refractivity (Wildman–Crippen MR) is 55.5 cm³/mol. The molecule has 1 aromatic carbocycles. The molecule has 0 saturated heterocycles. The molecule has 4 heteroatoms. The summed E-state index contributed by atoms with van der Waals surface area (Å²) in [7, 11) is 1.54. The van der Waals surface area contributed by atoms with Gasteiger partial charge in [0.05, 0.1) is 18.4 Å². The normalized spacial score (nSPS) is 9.93. The van der Waals surface area contributed by atoms with Gasteiger partial charge < -0.3 is 4.74 Å². The maximum absolute atomic E-state index is 10.8. The lowest BCUT2D eigenvalue weighted by atomic mass is 10.2. The van der Waals surface area contributed by atoms with Gasteiger partial charge in [-0.3, -0.25) is 4.79 Å². The monoisotopic (exact) mass is 202 g/mol. The maximum Gasteiger partial charge on any atom is 0.153 e. The average molecular weight is 202 g/mol. The summed E-state index contributed by atoms with van der Waals surface area (Å²) in [5.74, 6) is 0.570. The fraction of sp³-hybridized carbons (Fsp3) is 0.0909. The van der Waals surface area contributed by atoms with Crippen molar-refractivity contribution in [1.82, 2.24) is 9.78 Å². The summed E-state index contributed by atoms with van der Waals surface area (Å²) in [6.07, 6.45) is 4.27. The number of aromatic nitrogens is 2. The summed E-state index contributed by atoms with van der Waals surface area (Å²) in [5.41, 5.74) is 1.36. The van der Waals surface area contributed by atoms with Crippen LogP contribution in [0.15, 0.2) is 36.7 Å². The molecular weight excluding hydrogens is 192 g/mol. The van der Waals surface area contributed by atoms with E-state index in [2.05, 4.69) is 5.10 Å². The molecule has 0 fully saturated rings. The second-order valence-electron chi connectivity index (χ2n) is 2.99. The number of carbonyl (C=O) groups excluding carboxylic acids is 1. The number of ether oxygens (including phenoxy) is 1. The Morgan fingerprint density at radius 1 is 1.47 bits per heavy atom. The Kier molecular flexibility index (Phi) is 2.49. The summed E-state index contributed by atoms with van der Waals surface area (Å²) >= 11 is 0. The van der Waals surface area contributed by atoms with Crippen molar-refractivity contribution in [3.63, 3.8) is 0 Å². The summed E-state index contributed by atoms with van der Waals surface area (Å²) in [6.45, 7) is 0. The Hall–Kier alpha value is -2.10. The highest BCUT2D eigenvalue weighted by Gasteiger charge is 2.04. The quantitative estimate of drug-likeness (QED) is 0.711. The number of aldehydes is 1. The number of hydrogen-bond donors (Lipinski definition) is 0. The van der Waals surface area contributed by atoms with E-state index in [0.29, 0.717) is 11.3 Å². The van der Waals surface area contributed by atoms with Crippen LogP contribution in [0.1, 0.15) is 10.4 Å². The highest BCUT2D eigenvalue weighted by molar-refractivity contribution is 5.80. The minimum Gasteiger partial charge on any atom is -0.496 e. The highest BCUT2D eigenvalue weighted by Crippen LogP contribution is 2.19. The number of nitrogens with zero attached hydrogens (tertiary/aromatic N) is 2. The van der Waals surface area contributed by atoms with Crippen molar-refractivity contribution in [2.75, 3.05) is 7.11 Å². The second-order valence-corrected chi connectivity index (χ2v) is 2.99. The van der Waals surface area contributed by atoms with Crippen molar-refractivity contribution < 1.29 is 9.53 Å². The van der Waals surface area contributed by atoms with Crippen LogP contribution in [0.5, 0.6) is 5.75 Å². The molecule has 0 N–H and O–H groups in total. The highest BCUT2D eigenvalue weighted by atomic mass is 16.5. The van der Waals surface area contributed by atoms with Crippen LogP contribution in [0.2, 0.25) is 0 Å². The smallest absolute Gasteiger partial charge is 0.153 e. The Morgan fingerprint density at radius 3 is 2.93 bits per heavy atom. The number of carbonyl (C=O) groups is 1. The van der Waals surface area contributed by atoms with Crippen molar-refractivity contribution in [3.05, 3.63) is 42.2 Å². The fourth-order valence-corrected chi connectivity index (χ4v) is 1.38. The van der Waals surface area contributed by atoms with Crippen molar-refractivity contribution in [2.45, 2.75) is 0 Å². The molecular formula is C11H10N2O2. The third-order valence-electron chi connectivity index (χ3n) is 2.11. The van der Waals surface area contributed by atoms with Gasteiger partial charge in [0.15, 0.2) is 6.29 Å². The van der Waals surface area contributed by atoms with Gasteiger partial charge in [0.1, 0.15) is 5.75 Å². The molecule has 76 valence electrons. The van der Waals surface area contributed by atoms with Crippen LogP contribution in [0.25, 0.3) is 5.69 Å². The molecule has 0 bridgehead atoms. The van der Waals surface area contributed by atoms with Crippen LogP contribution < -0.4 is 4.74 Å². The zero-order chi connectivity index (χ0) is 10.7. The maximum atomic E-state index is 10.8. The van der Waals surface area contributed by atoms with E-state index in [1.807, 2.05) is 18.3 Å². The standard InChI is InChI=1S/C11H10N2O2/c1-15-11-4-3-10(7-9(11)8-14)13-6-2-5-12-13/h2-8H,1H3. The fourth-order valence-electron chi connectivity index (χ4n) is 1.38. The largest absolute Gasteiger partial charge is 0.496 e. The molecule has 1 aromatic heterocycles. The Morgan fingerprint density at radius 2 is 2.33 bits per heavy atom. The lowest BCUT2D eigenvalue weighted by Crippen LogP contribution is -1.97. The molecule has 2 rings (SSSR count). The first-order valence-electron chi connectivity index (χ1n) is 4.48. The number of hydrogen-bond acceptors (Lipinski definition) is 3. The summed E-state index contributed by atoms with van der Waals surface area (Å²) in [4.78, 5) is 10.8. The van der Waals surface area contributed by atoms with Gasteiger partial charge in [-0.25, -0.2) is 4.68 Å². The van der Waals surface area contributed by atoms with Crippen molar-refractivity contribution in [3.8, 4) is 11.4 Å². The summed E-state index contributed by atoms with van der Waals surface area (Å²) < 4.78 is 6.73. The summed E-state index contributed by atoms with van der Waals surface area (Å²) in [5, 5.41) is 4.08. The van der Waals surface area contributed by atoms with Gasteiger partial charge in [0, 0.05) is 12.4 Å². The minimum absolute atomic E-state index is 0.519. The molecule has 1 heterocycles.